The molecule has 1 aliphatic rings. The van der Waals surface area contributed by atoms with E-state index < -0.39 is 0 Å². The van der Waals surface area contributed by atoms with Crippen molar-refractivity contribution in [3.05, 3.63) is 23.8 Å². The van der Waals surface area contributed by atoms with Crippen LogP contribution in [-0.2, 0) is 0 Å². The highest BCUT2D eigenvalue weighted by atomic mass is 15.1. The minimum absolute atomic E-state index is 0.682. The third kappa shape index (κ3) is 3.35. The fraction of sp³-hybridized carbons (Fsp3) is 0.667. The summed E-state index contributed by atoms with van der Waals surface area (Å²) in [7, 11) is 2.18. The van der Waals surface area contributed by atoms with E-state index >= 15 is 0 Å². The second-order valence-electron chi connectivity index (χ2n) is 3.94. The van der Waals surface area contributed by atoms with E-state index in [1.54, 1.807) is 0 Å². The summed E-state index contributed by atoms with van der Waals surface area (Å²) in [6, 6.07) is 0. The van der Waals surface area contributed by atoms with Crippen LogP contribution >= 0.6 is 0 Å². The van der Waals surface area contributed by atoms with E-state index in [1.165, 1.54) is 25.0 Å². The SMILES string of the molecule is CCN(C)CC(C)C1=CCCC=C1. The van der Waals surface area contributed by atoms with Crippen molar-refractivity contribution in [2.75, 3.05) is 20.1 Å². The molecule has 0 aromatic carbocycles. The third-order valence-electron chi connectivity index (χ3n) is 2.72. The minimum atomic E-state index is 0.682. The average molecular weight is 179 g/mol. The molecule has 0 aliphatic heterocycles. The highest BCUT2D eigenvalue weighted by Crippen LogP contribution is 2.18. The predicted octanol–water partition coefficient (Wildman–Crippen LogP) is 2.85. The Bertz CT molecular complexity index is 203. The Kier molecular flexibility index (Phi) is 4.23. The zero-order valence-corrected chi connectivity index (χ0v) is 9.09. The summed E-state index contributed by atoms with van der Waals surface area (Å²) in [6.45, 7) is 6.83. The molecule has 1 heteroatoms. The van der Waals surface area contributed by atoms with Gasteiger partial charge in [0.25, 0.3) is 0 Å². The van der Waals surface area contributed by atoms with E-state index in [-0.39, 0.29) is 0 Å². The highest BCUT2D eigenvalue weighted by Gasteiger charge is 2.09. The first-order valence-electron chi connectivity index (χ1n) is 5.29. The van der Waals surface area contributed by atoms with Crippen LogP contribution in [0, 0.1) is 5.92 Å². The van der Waals surface area contributed by atoms with Crippen LogP contribution < -0.4 is 0 Å². The van der Waals surface area contributed by atoms with Gasteiger partial charge in [0.15, 0.2) is 0 Å². The topological polar surface area (TPSA) is 3.24 Å². The summed E-state index contributed by atoms with van der Waals surface area (Å²) in [6.07, 6.45) is 9.41. The normalized spacial score (nSPS) is 18.9. The number of nitrogens with zero attached hydrogens (tertiary/aromatic N) is 1. The van der Waals surface area contributed by atoms with Gasteiger partial charge in [-0.05, 0) is 37.9 Å². The Hall–Kier alpha value is -0.560. The molecule has 1 aliphatic carbocycles. The van der Waals surface area contributed by atoms with Crippen molar-refractivity contribution in [2.45, 2.75) is 26.7 Å². The average Bonchev–Trinajstić information content (AvgIpc) is 2.19. The van der Waals surface area contributed by atoms with E-state index in [0.29, 0.717) is 5.92 Å². The smallest absolute Gasteiger partial charge is 0.00443 e. The molecule has 0 radical (unpaired) electrons. The fourth-order valence-electron chi connectivity index (χ4n) is 1.70. The lowest BCUT2D eigenvalue weighted by atomic mass is 9.95. The number of allylic oxidation sites excluding steroid dienone is 3. The van der Waals surface area contributed by atoms with Gasteiger partial charge in [0.1, 0.15) is 0 Å². The monoisotopic (exact) mass is 179 g/mol. The largest absolute Gasteiger partial charge is 0.306 e. The Morgan fingerprint density at radius 2 is 2.23 bits per heavy atom. The first-order chi connectivity index (χ1) is 6.24. The predicted molar refractivity (Wildman–Crippen MR) is 58.8 cm³/mol. The summed E-state index contributed by atoms with van der Waals surface area (Å²) in [5, 5.41) is 0. The molecule has 0 N–H and O–H groups in total. The van der Waals surface area contributed by atoms with Gasteiger partial charge >= 0.3 is 0 Å². The molecule has 0 bridgehead atoms. The summed E-state index contributed by atoms with van der Waals surface area (Å²) < 4.78 is 0. The molecule has 0 saturated carbocycles. The maximum Gasteiger partial charge on any atom is 0.00443 e. The standard InChI is InChI=1S/C12H21N/c1-4-13(3)10-11(2)12-8-6-5-7-9-12/h6,8-9,11H,4-5,7,10H2,1-3H3. The van der Waals surface area contributed by atoms with E-state index in [0.717, 1.165) is 6.54 Å². The second-order valence-corrected chi connectivity index (χ2v) is 3.94. The van der Waals surface area contributed by atoms with Gasteiger partial charge in [-0.25, -0.2) is 0 Å². The maximum atomic E-state index is 2.38. The third-order valence-corrected chi connectivity index (χ3v) is 2.72. The number of hydrogen-bond acceptors (Lipinski definition) is 1. The van der Waals surface area contributed by atoms with Crippen molar-refractivity contribution < 1.29 is 0 Å². The van der Waals surface area contributed by atoms with Crippen LogP contribution in [0.2, 0.25) is 0 Å². The fourth-order valence-corrected chi connectivity index (χ4v) is 1.70. The summed E-state index contributed by atoms with van der Waals surface area (Å²) in [5.41, 5.74) is 1.52. The van der Waals surface area contributed by atoms with Crippen LogP contribution in [0.1, 0.15) is 26.7 Å². The van der Waals surface area contributed by atoms with E-state index in [9.17, 15) is 0 Å². The van der Waals surface area contributed by atoms with Gasteiger partial charge in [0.2, 0.25) is 0 Å². The van der Waals surface area contributed by atoms with Gasteiger partial charge in [-0.1, -0.05) is 32.1 Å². The summed E-state index contributed by atoms with van der Waals surface area (Å²) >= 11 is 0. The van der Waals surface area contributed by atoms with Crippen LogP contribution in [0.4, 0.5) is 0 Å². The molecular weight excluding hydrogens is 158 g/mol. The minimum Gasteiger partial charge on any atom is -0.306 e. The van der Waals surface area contributed by atoms with Crippen molar-refractivity contribution in [2.24, 2.45) is 5.92 Å². The molecule has 0 fully saturated rings. The lowest BCUT2D eigenvalue weighted by Gasteiger charge is -2.21. The molecule has 1 unspecified atom stereocenters. The first kappa shape index (κ1) is 10.5. The Balaban J connectivity index is 2.42. The lowest BCUT2D eigenvalue weighted by Crippen LogP contribution is -2.24. The van der Waals surface area contributed by atoms with Crippen LogP contribution in [0.3, 0.4) is 0 Å². The quantitative estimate of drug-likeness (QED) is 0.641. The first-order valence-corrected chi connectivity index (χ1v) is 5.29. The van der Waals surface area contributed by atoms with Crippen molar-refractivity contribution in [1.29, 1.82) is 0 Å². The second kappa shape index (κ2) is 5.23. The molecule has 1 rings (SSSR count). The molecule has 0 saturated heterocycles. The van der Waals surface area contributed by atoms with Gasteiger partial charge in [0, 0.05) is 6.54 Å². The van der Waals surface area contributed by atoms with Gasteiger partial charge in [0.05, 0.1) is 0 Å². The van der Waals surface area contributed by atoms with E-state index in [1.807, 2.05) is 0 Å². The Labute approximate surface area is 82.1 Å². The van der Waals surface area contributed by atoms with Gasteiger partial charge in [-0.3, -0.25) is 0 Å². The van der Waals surface area contributed by atoms with Crippen LogP contribution in [0.5, 0.6) is 0 Å². The molecule has 1 nitrogen and oxygen atoms in total. The van der Waals surface area contributed by atoms with Crippen molar-refractivity contribution in [3.8, 4) is 0 Å². The summed E-state index contributed by atoms with van der Waals surface area (Å²) in [5.74, 6) is 0.682. The van der Waals surface area contributed by atoms with Crippen molar-refractivity contribution >= 4 is 0 Å². The van der Waals surface area contributed by atoms with Gasteiger partial charge < -0.3 is 4.90 Å². The Morgan fingerprint density at radius 1 is 1.46 bits per heavy atom. The molecule has 0 aromatic rings. The molecule has 0 aromatic heterocycles. The molecule has 74 valence electrons. The molecule has 0 spiro atoms. The Morgan fingerprint density at radius 3 is 2.77 bits per heavy atom. The maximum absolute atomic E-state index is 2.38. The number of hydrogen-bond donors (Lipinski definition) is 0. The van der Waals surface area contributed by atoms with Crippen LogP contribution in [0.25, 0.3) is 0 Å². The molecule has 13 heavy (non-hydrogen) atoms. The summed E-state index contributed by atoms with van der Waals surface area (Å²) in [4.78, 5) is 2.37. The lowest BCUT2D eigenvalue weighted by molar-refractivity contribution is 0.319. The molecule has 0 amide bonds. The molecule has 0 heterocycles. The van der Waals surface area contributed by atoms with Crippen molar-refractivity contribution in [3.63, 3.8) is 0 Å². The molecule has 1 atom stereocenters. The van der Waals surface area contributed by atoms with E-state index in [2.05, 4.69) is 44.0 Å². The zero-order valence-electron chi connectivity index (χ0n) is 9.09. The van der Waals surface area contributed by atoms with Crippen LogP contribution in [0.15, 0.2) is 23.8 Å². The molecular formula is C12H21N. The highest BCUT2D eigenvalue weighted by molar-refractivity contribution is 5.24. The van der Waals surface area contributed by atoms with Gasteiger partial charge in [-0.2, -0.15) is 0 Å². The number of rotatable bonds is 4. The van der Waals surface area contributed by atoms with E-state index in [4.69, 9.17) is 0 Å². The van der Waals surface area contributed by atoms with Gasteiger partial charge in [-0.15, -0.1) is 0 Å². The van der Waals surface area contributed by atoms with Crippen LogP contribution in [-0.4, -0.2) is 25.0 Å². The zero-order chi connectivity index (χ0) is 9.68. The van der Waals surface area contributed by atoms with Crippen molar-refractivity contribution in [1.82, 2.24) is 4.90 Å².